The molecule has 0 fully saturated rings. The van der Waals surface area contributed by atoms with Crippen LogP contribution in [0.1, 0.15) is 35.3 Å². The van der Waals surface area contributed by atoms with Gasteiger partial charge in [-0.2, -0.15) is 4.37 Å². The number of anilines is 1. The highest BCUT2D eigenvalue weighted by Gasteiger charge is 2.19. The van der Waals surface area contributed by atoms with Gasteiger partial charge >= 0.3 is 0 Å². The largest absolute Gasteiger partial charge is 0.455 e. The first-order valence-electron chi connectivity index (χ1n) is 9.11. The van der Waals surface area contributed by atoms with Crippen molar-refractivity contribution in [2.75, 3.05) is 5.32 Å². The number of benzene rings is 1. The zero-order valence-corrected chi connectivity index (χ0v) is 17.1. The van der Waals surface area contributed by atoms with E-state index in [4.69, 9.17) is 4.42 Å². The number of hydrogen-bond donors (Lipinski definition) is 1. The highest BCUT2D eigenvalue weighted by molar-refractivity contribution is 7.04. The van der Waals surface area contributed by atoms with E-state index in [2.05, 4.69) is 27.7 Å². The summed E-state index contributed by atoms with van der Waals surface area (Å²) in [5.74, 6) is 0.566. The van der Waals surface area contributed by atoms with Crippen LogP contribution in [0.4, 0.5) is 5.69 Å². The first kappa shape index (κ1) is 18.4. The van der Waals surface area contributed by atoms with Gasteiger partial charge in [-0.1, -0.05) is 6.07 Å². The van der Waals surface area contributed by atoms with Crippen LogP contribution >= 0.6 is 11.5 Å². The van der Waals surface area contributed by atoms with Crippen molar-refractivity contribution in [3.05, 3.63) is 74.6 Å². The second-order valence-electron chi connectivity index (χ2n) is 7.04. The average molecular weight is 391 g/mol. The lowest BCUT2D eigenvalue weighted by atomic mass is 9.99. The van der Waals surface area contributed by atoms with Crippen LogP contribution in [-0.4, -0.2) is 9.36 Å². The molecule has 1 N–H and O–H groups in total. The lowest BCUT2D eigenvalue weighted by Gasteiger charge is -2.18. The molecule has 0 unspecified atom stereocenters. The Morgan fingerprint density at radius 2 is 2.04 bits per heavy atom. The van der Waals surface area contributed by atoms with E-state index in [0.29, 0.717) is 22.3 Å². The van der Waals surface area contributed by atoms with Crippen LogP contribution in [-0.2, 0) is 0 Å². The van der Waals surface area contributed by atoms with Gasteiger partial charge in [-0.15, -0.1) is 0 Å². The molecule has 5 nitrogen and oxygen atoms in total. The molecule has 0 aliphatic heterocycles. The van der Waals surface area contributed by atoms with E-state index in [1.54, 1.807) is 19.3 Å². The van der Waals surface area contributed by atoms with Gasteiger partial charge in [-0.3, -0.25) is 9.78 Å². The quantitative estimate of drug-likeness (QED) is 0.504. The van der Waals surface area contributed by atoms with Crippen molar-refractivity contribution in [2.24, 2.45) is 0 Å². The van der Waals surface area contributed by atoms with Crippen molar-refractivity contribution in [3.63, 3.8) is 0 Å². The zero-order chi connectivity index (χ0) is 19.8. The maximum atomic E-state index is 13.1. The van der Waals surface area contributed by atoms with Gasteiger partial charge in [0.15, 0.2) is 5.43 Å². The molecule has 4 aromatic rings. The minimum atomic E-state index is -0.0508. The molecule has 0 saturated heterocycles. The van der Waals surface area contributed by atoms with E-state index in [1.807, 2.05) is 37.4 Å². The Labute approximate surface area is 167 Å². The zero-order valence-electron chi connectivity index (χ0n) is 16.2. The Kier molecular flexibility index (Phi) is 4.73. The second-order valence-corrected chi connectivity index (χ2v) is 7.67. The first-order valence-corrected chi connectivity index (χ1v) is 9.95. The summed E-state index contributed by atoms with van der Waals surface area (Å²) in [4.78, 5) is 17.3. The summed E-state index contributed by atoms with van der Waals surface area (Å²) < 4.78 is 10.6. The van der Waals surface area contributed by atoms with E-state index in [1.165, 1.54) is 11.5 Å². The third kappa shape index (κ3) is 3.20. The van der Waals surface area contributed by atoms with Gasteiger partial charge in [0.05, 0.1) is 22.8 Å². The van der Waals surface area contributed by atoms with Crippen LogP contribution in [0, 0.1) is 20.8 Å². The lowest BCUT2D eigenvalue weighted by molar-refractivity contribution is 0.605. The minimum absolute atomic E-state index is 0.00867. The summed E-state index contributed by atoms with van der Waals surface area (Å²) in [5, 5.41) is 6.09. The molecule has 3 heterocycles. The van der Waals surface area contributed by atoms with E-state index in [0.717, 1.165) is 28.1 Å². The van der Waals surface area contributed by atoms with E-state index >= 15 is 0 Å². The van der Waals surface area contributed by atoms with E-state index in [-0.39, 0.29) is 11.5 Å². The van der Waals surface area contributed by atoms with Crippen LogP contribution in [0.5, 0.6) is 0 Å². The molecule has 0 aliphatic carbocycles. The number of hydrogen-bond acceptors (Lipinski definition) is 6. The Bertz CT molecular complexity index is 1210. The summed E-state index contributed by atoms with van der Waals surface area (Å²) in [7, 11) is 0. The average Bonchev–Trinajstić information content (AvgIpc) is 3.09. The van der Waals surface area contributed by atoms with Crippen molar-refractivity contribution >= 4 is 28.2 Å². The van der Waals surface area contributed by atoms with Crippen LogP contribution in [0.25, 0.3) is 22.3 Å². The number of aromatic nitrogens is 2. The summed E-state index contributed by atoms with van der Waals surface area (Å²) in [6.45, 7) is 7.84. The molecule has 1 aromatic carbocycles. The van der Waals surface area contributed by atoms with E-state index < -0.39 is 0 Å². The molecule has 3 aromatic heterocycles. The van der Waals surface area contributed by atoms with Crippen LogP contribution < -0.4 is 10.7 Å². The SMILES string of the molecule is Cc1cc([C@@H](C)Nc2csnc2C)c2oc(-c3cccnc3)c(C)c(=O)c2c1. The fourth-order valence-corrected chi connectivity index (χ4v) is 4.06. The molecule has 142 valence electrons. The Balaban J connectivity index is 1.92. The van der Waals surface area contributed by atoms with Crippen LogP contribution in [0.15, 0.2) is 51.3 Å². The molecule has 1 atom stereocenters. The highest BCUT2D eigenvalue weighted by atomic mass is 32.1. The fourth-order valence-electron chi connectivity index (χ4n) is 3.40. The third-order valence-corrected chi connectivity index (χ3v) is 5.62. The number of fused-ring (bicyclic) bond motifs is 1. The number of nitrogens with zero attached hydrogens (tertiary/aromatic N) is 2. The number of pyridine rings is 1. The van der Waals surface area contributed by atoms with Crippen molar-refractivity contribution < 1.29 is 4.42 Å². The summed E-state index contributed by atoms with van der Waals surface area (Å²) >= 11 is 1.42. The van der Waals surface area contributed by atoms with E-state index in [9.17, 15) is 4.79 Å². The monoisotopic (exact) mass is 391 g/mol. The molecule has 0 saturated carbocycles. The molecule has 0 aliphatic rings. The van der Waals surface area contributed by atoms with Gasteiger partial charge in [-0.25, -0.2) is 0 Å². The van der Waals surface area contributed by atoms with Gasteiger partial charge in [-0.05, 0) is 63.0 Å². The molecular weight excluding hydrogens is 370 g/mol. The van der Waals surface area contributed by atoms with Gasteiger partial charge in [0.1, 0.15) is 11.3 Å². The number of aryl methyl sites for hydroxylation is 2. The second kappa shape index (κ2) is 7.20. The molecule has 0 bridgehead atoms. The molecule has 4 rings (SSSR count). The molecule has 0 radical (unpaired) electrons. The number of rotatable bonds is 4. The van der Waals surface area contributed by atoms with Gasteiger partial charge in [0, 0.05) is 34.5 Å². The van der Waals surface area contributed by atoms with Crippen molar-refractivity contribution in [3.8, 4) is 11.3 Å². The molecule has 0 amide bonds. The maximum absolute atomic E-state index is 13.1. The predicted molar refractivity (Wildman–Crippen MR) is 114 cm³/mol. The summed E-state index contributed by atoms with van der Waals surface area (Å²) in [5.41, 5.74) is 5.92. The van der Waals surface area contributed by atoms with Crippen molar-refractivity contribution in [1.82, 2.24) is 9.36 Å². The molecule has 0 spiro atoms. The van der Waals surface area contributed by atoms with Gasteiger partial charge in [0.25, 0.3) is 0 Å². The lowest BCUT2D eigenvalue weighted by Crippen LogP contribution is -2.12. The molecule has 28 heavy (non-hydrogen) atoms. The molecular formula is C22H21N3O2S. The van der Waals surface area contributed by atoms with Gasteiger partial charge in [0.2, 0.25) is 0 Å². The van der Waals surface area contributed by atoms with Crippen molar-refractivity contribution in [2.45, 2.75) is 33.7 Å². The topological polar surface area (TPSA) is 68.0 Å². The van der Waals surface area contributed by atoms with Crippen molar-refractivity contribution in [1.29, 1.82) is 0 Å². The first-order chi connectivity index (χ1) is 13.5. The Morgan fingerprint density at radius 3 is 2.71 bits per heavy atom. The fraction of sp³-hybridized carbons (Fsp3) is 0.227. The van der Waals surface area contributed by atoms with Crippen LogP contribution in [0.3, 0.4) is 0 Å². The normalized spacial score (nSPS) is 12.3. The van der Waals surface area contributed by atoms with Crippen LogP contribution in [0.2, 0.25) is 0 Å². The standard InChI is InChI=1S/C22H21N3O2S/c1-12-8-17(14(3)24-19-11-28-25-15(19)4)22-18(9-12)20(26)13(2)21(27-22)16-6-5-7-23-10-16/h5-11,14,24H,1-4H3/t14-/m1/s1. The minimum Gasteiger partial charge on any atom is -0.455 e. The Morgan fingerprint density at radius 1 is 1.21 bits per heavy atom. The third-order valence-electron chi connectivity index (χ3n) is 4.90. The predicted octanol–water partition coefficient (Wildman–Crippen LogP) is 5.41. The smallest absolute Gasteiger partial charge is 0.196 e. The summed E-state index contributed by atoms with van der Waals surface area (Å²) in [6, 6.07) is 7.66. The number of nitrogens with one attached hydrogen (secondary N) is 1. The maximum Gasteiger partial charge on any atom is 0.196 e. The summed E-state index contributed by atoms with van der Waals surface area (Å²) in [6.07, 6.45) is 3.42. The molecule has 6 heteroatoms. The van der Waals surface area contributed by atoms with Gasteiger partial charge < -0.3 is 9.73 Å². The Hall–Kier alpha value is -2.99. The highest BCUT2D eigenvalue weighted by Crippen LogP contribution is 2.32.